The van der Waals surface area contributed by atoms with Crippen LogP contribution in [0.25, 0.3) is 0 Å². The summed E-state index contributed by atoms with van der Waals surface area (Å²) in [7, 11) is -2.82. The highest BCUT2D eigenvalue weighted by molar-refractivity contribution is 7.90. The zero-order chi connectivity index (χ0) is 13.8. The molecule has 0 bridgehead atoms. The van der Waals surface area contributed by atoms with E-state index >= 15 is 0 Å². The van der Waals surface area contributed by atoms with Gasteiger partial charge in [-0.2, -0.15) is 0 Å². The molecule has 0 aliphatic heterocycles. The summed E-state index contributed by atoms with van der Waals surface area (Å²) in [5, 5.41) is 3.51. The zero-order valence-corrected chi connectivity index (χ0v) is 13.1. The van der Waals surface area contributed by atoms with Gasteiger partial charge in [-0.3, -0.25) is 0 Å². The molecular formula is C14H29NO2S. The van der Waals surface area contributed by atoms with Crippen LogP contribution in [0.3, 0.4) is 0 Å². The minimum absolute atomic E-state index is 0.350. The topological polar surface area (TPSA) is 46.2 Å². The van der Waals surface area contributed by atoms with E-state index in [4.69, 9.17) is 0 Å². The molecule has 3 unspecified atom stereocenters. The Morgan fingerprint density at radius 2 is 1.89 bits per heavy atom. The van der Waals surface area contributed by atoms with Gasteiger partial charge in [-0.05, 0) is 43.6 Å². The summed E-state index contributed by atoms with van der Waals surface area (Å²) < 4.78 is 22.6. The number of rotatable bonds is 6. The van der Waals surface area contributed by atoms with Crippen LogP contribution in [0.15, 0.2) is 0 Å². The summed E-state index contributed by atoms with van der Waals surface area (Å²) in [6.45, 7) is 7.66. The maximum atomic E-state index is 11.3. The molecule has 0 spiro atoms. The lowest BCUT2D eigenvalue weighted by Gasteiger charge is -2.35. The Kier molecular flexibility index (Phi) is 6.12. The van der Waals surface area contributed by atoms with Gasteiger partial charge in [0.05, 0.1) is 5.75 Å². The fourth-order valence-corrected chi connectivity index (χ4v) is 3.67. The summed E-state index contributed by atoms with van der Waals surface area (Å²) in [4.78, 5) is 0. The van der Waals surface area contributed by atoms with Gasteiger partial charge in [-0.25, -0.2) is 8.42 Å². The Hall–Kier alpha value is -0.0900. The van der Waals surface area contributed by atoms with Crippen molar-refractivity contribution < 1.29 is 8.42 Å². The van der Waals surface area contributed by atoms with Gasteiger partial charge < -0.3 is 5.32 Å². The van der Waals surface area contributed by atoms with Gasteiger partial charge in [0.15, 0.2) is 0 Å². The molecule has 1 aliphatic rings. The van der Waals surface area contributed by atoms with E-state index in [-0.39, 0.29) is 0 Å². The molecule has 3 atom stereocenters. The predicted molar refractivity (Wildman–Crippen MR) is 77.5 cm³/mol. The van der Waals surface area contributed by atoms with Gasteiger partial charge in [0.25, 0.3) is 0 Å². The Morgan fingerprint density at radius 1 is 1.22 bits per heavy atom. The van der Waals surface area contributed by atoms with Gasteiger partial charge >= 0.3 is 0 Å². The molecule has 3 nitrogen and oxygen atoms in total. The normalized spacial score (nSPS) is 29.7. The fraction of sp³-hybridized carbons (Fsp3) is 1.00. The second-order valence-electron chi connectivity index (χ2n) is 6.42. The van der Waals surface area contributed by atoms with Crippen molar-refractivity contribution in [2.24, 2.45) is 17.8 Å². The zero-order valence-electron chi connectivity index (χ0n) is 12.3. The highest BCUT2D eigenvalue weighted by atomic mass is 32.2. The highest BCUT2D eigenvalue weighted by Gasteiger charge is 2.28. The fourth-order valence-electron chi connectivity index (χ4n) is 2.94. The van der Waals surface area contributed by atoms with Crippen molar-refractivity contribution in [3.63, 3.8) is 0 Å². The summed E-state index contributed by atoms with van der Waals surface area (Å²) in [5.41, 5.74) is 0. The first-order valence-corrected chi connectivity index (χ1v) is 9.25. The van der Waals surface area contributed by atoms with Crippen molar-refractivity contribution in [3.8, 4) is 0 Å². The van der Waals surface area contributed by atoms with Crippen LogP contribution in [0.4, 0.5) is 0 Å². The largest absolute Gasteiger partial charge is 0.314 e. The van der Waals surface area contributed by atoms with Crippen LogP contribution in [0, 0.1) is 17.8 Å². The summed E-state index contributed by atoms with van der Waals surface area (Å²) >= 11 is 0. The molecule has 1 saturated carbocycles. The third kappa shape index (κ3) is 6.19. The van der Waals surface area contributed by atoms with Crippen LogP contribution in [-0.2, 0) is 9.84 Å². The lowest BCUT2D eigenvalue weighted by Crippen LogP contribution is -2.36. The molecule has 1 N–H and O–H groups in total. The van der Waals surface area contributed by atoms with Crippen molar-refractivity contribution in [1.82, 2.24) is 5.32 Å². The van der Waals surface area contributed by atoms with Crippen LogP contribution in [-0.4, -0.2) is 33.0 Å². The molecule has 4 heteroatoms. The molecule has 0 amide bonds. The second-order valence-corrected chi connectivity index (χ2v) is 8.68. The standard InChI is InChI=1S/C14H29NO2S/c1-11(2)15-10-14-6-5-12(3)9-13(14)7-8-18(4,16)17/h11-15H,5-10H2,1-4H3. The molecule has 1 fully saturated rings. The predicted octanol–water partition coefficient (Wildman–Crippen LogP) is 2.47. The van der Waals surface area contributed by atoms with Crippen molar-refractivity contribution >= 4 is 9.84 Å². The van der Waals surface area contributed by atoms with Crippen molar-refractivity contribution in [3.05, 3.63) is 0 Å². The number of hydrogen-bond acceptors (Lipinski definition) is 3. The van der Waals surface area contributed by atoms with Crippen molar-refractivity contribution in [2.45, 2.75) is 52.5 Å². The van der Waals surface area contributed by atoms with Gasteiger partial charge in [-0.1, -0.05) is 27.2 Å². The minimum Gasteiger partial charge on any atom is -0.314 e. The lowest BCUT2D eigenvalue weighted by atomic mass is 9.73. The van der Waals surface area contributed by atoms with E-state index in [1.807, 2.05) is 0 Å². The maximum absolute atomic E-state index is 11.3. The first-order chi connectivity index (χ1) is 8.28. The molecule has 1 aliphatic carbocycles. The van der Waals surface area contributed by atoms with E-state index in [0.717, 1.165) is 18.9 Å². The highest BCUT2D eigenvalue weighted by Crippen LogP contribution is 2.35. The first kappa shape index (κ1) is 16.0. The molecule has 0 radical (unpaired) electrons. The van der Waals surface area contributed by atoms with Crippen molar-refractivity contribution in [2.75, 3.05) is 18.6 Å². The Morgan fingerprint density at radius 3 is 2.44 bits per heavy atom. The van der Waals surface area contributed by atoms with E-state index in [9.17, 15) is 8.42 Å². The van der Waals surface area contributed by atoms with Crippen LogP contribution in [0.2, 0.25) is 0 Å². The number of sulfone groups is 1. The number of hydrogen-bond donors (Lipinski definition) is 1. The summed E-state index contributed by atoms with van der Waals surface area (Å²) in [6, 6.07) is 0.514. The van der Waals surface area contributed by atoms with E-state index in [2.05, 4.69) is 26.1 Å². The molecule has 1 rings (SSSR count). The molecule has 0 aromatic rings. The number of nitrogens with one attached hydrogen (secondary N) is 1. The molecule has 0 heterocycles. The lowest BCUT2D eigenvalue weighted by molar-refractivity contribution is 0.178. The van der Waals surface area contributed by atoms with Crippen LogP contribution >= 0.6 is 0 Å². The van der Waals surface area contributed by atoms with Gasteiger partial charge in [-0.15, -0.1) is 0 Å². The van der Waals surface area contributed by atoms with Crippen LogP contribution in [0.5, 0.6) is 0 Å². The van der Waals surface area contributed by atoms with E-state index < -0.39 is 9.84 Å². The van der Waals surface area contributed by atoms with Crippen LogP contribution < -0.4 is 5.32 Å². The van der Waals surface area contributed by atoms with Gasteiger partial charge in [0.1, 0.15) is 9.84 Å². The second kappa shape index (κ2) is 6.90. The van der Waals surface area contributed by atoms with E-state index in [0.29, 0.717) is 23.6 Å². The third-order valence-corrected chi connectivity index (χ3v) is 5.03. The Balaban J connectivity index is 2.51. The SMILES string of the molecule is CC1CCC(CNC(C)C)C(CCS(C)(=O)=O)C1. The van der Waals surface area contributed by atoms with E-state index in [1.165, 1.54) is 25.5 Å². The maximum Gasteiger partial charge on any atom is 0.147 e. The van der Waals surface area contributed by atoms with Crippen LogP contribution in [0.1, 0.15) is 46.5 Å². The quantitative estimate of drug-likeness (QED) is 0.810. The summed E-state index contributed by atoms with van der Waals surface area (Å²) in [6.07, 6.45) is 5.92. The van der Waals surface area contributed by atoms with E-state index in [1.54, 1.807) is 0 Å². The average Bonchev–Trinajstić information content (AvgIpc) is 2.23. The van der Waals surface area contributed by atoms with Gasteiger partial charge in [0, 0.05) is 12.3 Å². The molecule has 18 heavy (non-hydrogen) atoms. The monoisotopic (exact) mass is 275 g/mol. The Bertz CT molecular complexity index is 338. The first-order valence-electron chi connectivity index (χ1n) is 7.19. The Labute approximate surface area is 113 Å². The average molecular weight is 275 g/mol. The smallest absolute Gasteiger partial charge is 0.147 e. The summed E-state index contributed by atoms with van der Waals surface area (Å²) in [5.74, 6) is 2.34. The van der Waals surface area contributed by atoms with Crippen molar-refractivity contribution in [1.29, 1.82) is 0 Å². The molecule has 0 saturated heterocycles. The molecule has 0 aromatic carbocycles. The molecular weight excluding hydrogens is 246 g/mol. The molecule has 108 valence electrons. The molecule has 0 aromatic heterocycles. The van der Waals surface area contributed by atoms with Gasteiger partial charge in [0.2, 0.25) is 0 Å². The third-order valence-electron chi connectivity index (χ3n) is 4.05. The minimum atomic E-state index is -2.82.